The van der Waals surface area contributed by atoms with E-state index in [-0.39, 0.29) is 23.9 Å². The Morgan fingerprint density at radius 3 is 2.85 bits per heavy atom. The first-order valence-electron chi connectivity index (χ1n) is 8.22. The third kappa shape index (κ3) is 2.91. The summed E-state index contributed by atoms with van der Waals surface area (Å²) in [5.41, 5.74) is 1.77. The van der Waals surface area contributed by atoms with Crippen LogP contribution in [-0.2, 0) is 11.8 Å². The highest BCUT2D eigenvalue weighted by atomic mass is 35.5. The van der Waals surface area contributed by atoms with Crippen molar-refractivity contribution >= 4 is 40.0 Å². The van der Waals surface area contributed by atoms with Crippen LogP contribution in [0.15, 0.2) is 58.2 Å². The van der Waals surface area contributed by atoms with Crippen LogP contribution in [-0.4, -0.2) is 22.7 Å². The van der Waals surface area contributed by atoms with E-state index in [1.54, 1.807) is 41.6 Å². The summed E-state index contributed by atoms with van der Waals surface area (Å²) in [7, 11) is 1.75. The minimum atomic E-state index is -0.251. The smallest absolute Gasteiger partial charge is 0.250 e. The normalized spacial score (nSPS) is 15.8. The zero-order chi connectivity index (χ0) is 18.3. The number of pyridine rings is 1. The van der Waals surface area contributed by atoms with Crippen LogP contribution in [0.25, 0.3) is 10.9 Å². The average Bonchev–Trinajstić information content (AvgIpc) is 3.08. The van der Waals surface area contributed by atoms with Crippen molar-refractivity contribution in [3.8, 4) is 5.75 Å². The molecule has 3 aromatic rings. The Balaban J connectivity index is 1.66. The molecule has 0 saturated heterocycles. The maximum atomic E-state index is 12.8. The van der Waals surface area contributed by atoms with Crippen LogP contribution >= 0.6 is 23.4 Å². The summed E-state index contributed by atoms with van der Waals surface area (Å²) in [5, 5.41) is 1.44. The van der Waals surface area contributed by atoms with E-state index < -0.39 is 0 Å². The lowest BCUT2D eigenvalue weighted by atomic mass is 9.93. The van der Waals surface area contributed by atoms with Gasteiger partial charge in [-0.2, -0.15) is 0 Å². The number of benzene rings is 2. The summed E-state index contributed by atoms with van der Waals surface area (Å²) in [5.74, 6) is 0.951. The highest BCUT2D eigenvalue weighted by Crippen LogP contribution is 2.43. The Kier molecular flexibility index (Phi) is 4.51. The first kappa shape index (κ1) is 17.2. The number of hydrogen-bond donors (Lipinski definition) is 0. The topological polar surface area (TPSA) is 48.3 Å². The maximum Gasteiger partial charge on any atom is 0.250 e. The highest BCUT2D eigenvalue weighted by Gasteiger charge is 2.31. The maximum absolute atomic E-state index is 12.8. The lowest BCUT2D eigenvalue weighted by Crippen LogP contribution is -2.21. The molecular weight excluding hydrogens is 370 g/mol. The standard InChI is InChI=1S/C20H16ClNO3S/c1-22-15-7-8-18-20(12(15)6-9-19(22)24)13(11-26-18)16(23)10-25-17-5-3-2-4-14(17)21/h2-9,13H,10-11H2,1H3. The summed E-state index contributed by atoms with van der Waals surface area (Å²) < 4.78 is 7.25. The Bertz CT molecular complexity index is 1080. The van der Waals surface area contributed by atoms with Crippen LogP contribution < -0.4 is 10.3 Å². The molecule has 0 fully saturated rings. The Labute approximate surface area is 159 Å². The van der Waals surface area contributed by atoms with Crippen molar-refractivity contribution in [2.75, 3.05) is 12.4 Å². The Morgan fingerprint density at radius 2 is 2.04 bits per heavy atom. The van der Waals surface area contributed by atoms with Crippen LogP contribution in [0.3, 0.4) is 0 Å². The first-order valence-corrected chi connectivity index (χ1v) is 9.58. The van der Waals surface area contributed by atoms with Gasteiger partial charge in [-0.25, -0.2) is 0 Å². The van der Waals surface area contributed by atoms with Gasteiger partial charge in [0.25, 0.3) is 5.56 Å². The van der Waals surface area contributed by atoms with Gasteiger partial charge in [0.1, 0.15) is 12.4 Å². The van der Waals surface area contributed by atoms with Gasteiger partial charge in [0, 0.05) is 29.1 Å². The highest BCUT2D eigenvalue weighted by molar-refractivity contribution is 7.99. The second kappa shape index (κ2) is 6.82. The molecule has 2 aromatic carbocycles. The summed E-state index contributed by atoms with van der Waals surface area (Å²) in [6.45, 7) is -0.0312. The number of rotatable bonds is 4. The fourth-order valence-corrected chi connectivity index (χ4v) is 4.73. The van der Waals surface area contributed by atoms with E-state index in [9.17, 15) is 9.59 Å². The molecule has 2 heterocycles. The summed E-state index contributed by atoms with van der Waals surface area (Å²) in [6, 6.07) is 14.4. The number of aryl methyl sites for hydroxylation is 1. The minimum absolute atomic E-state index is 0.0116. The van der Waals surface area contributed by atoms with Crippen LogP contribution in [0.5, 0.6) is 5.75 Å². The Morgan fingerprint density at radius 1 is 1.23 bits per heavy atom. The van der Waals surface area contributed by atoms with Crippen LogP contribution in [0, 0.1) is 0 Å². The average molecular weight is 386 g/mol. The number of carbonyl (C=O) groups is 1. The summed E-state index contributed by atoms with van der Waals surface area (Å²) >= 11 is 7.75. The van der Waals surface area contributed by atoms with Gasteiger partial charge in [-0.15, -0.1) is 11.8 Å². The quantitative estimate of drug-likeness (QED) is 0.680. The van der Waals surface area contributed by atoms with Crippen molar-refractivity contribution in [2.24, 2.45) is 7.05 Å². The second-order valence-corrected chi connectivity index (χ2v) is 7.66. The molecule has 1 unspecified atom stereocenters. The number of hydrogen-bond acceptors (Lipinski definition) is 4. The van der Waals surface area contributed by atoms with E-state index in [4.69, 9.17) is 16.3 Å². The SMILES string of the molecule is Cn1c(=O)ccc2c3c(ccc21)SCC3C(=O)COc1ccccc1Cl. The predicted molar refractivity (Wildman–Crippen MR) is 105 cm³/mol. The number of thioether (sulfide) groups is 1. The number of carbonyl (C=O) groups excluding carboxylic acids is 1. The molecule has 6 heteroatoms. The molecule has 132 valence electrons. The summed E-state index contributed by atoms with van der Waals surface area (Å²) in [4.78, 5) is 25.8. The van der Waals surface area contributed by atoms with Crippen molar-refractivity contribution in [1.82, 2.24) is 4.57 Å². The van der Waals surface area contributed by atoms with Gasteiger partial charge in [0.05, 0.1) is 16.5 Å². The molecule has 0 amide bonds. The number of fused-ring (bicyclic) bond motifs is 3. The molecule has 0 radical (unpaired) electrons. The molecule has 26 heavy (non-hydrogen) atoms. The Hall–Kier alpha value is -2.24. The molecule has 0 N–H and O–H groups in total. The third-order valence-corrected chi connectivity index (χ3v) is 6.14. The molecule has 1 aromatic heterocycles. The monoisotopic (exact) mass is 385 g/mol. The van der Waals surface area contributed by atoms with Gasteiger partial charge >= 0.3 is 0 Å². The zero-order valence-electron chi connectivity index (χ0n) is 14.1. The molecule has 1 atom stereocenters. The van der Waals surface area contributed by atoms with Crippen LogP contribution in [0.1, 0.15) is 11.5 Å². The number of Topliss-reactive ketones (excluding diaryl/α,β-unsaturated/α-hetero) is 1. The molecule has 1 aliphatic heterocycles. The van der Waals surface area contributed by atoms with Gasteiger partial charge in [-0.3, -0.25) is 9.59 Å². The van der Waals surface area contributed by atoms with Crippen molar-refractivity contribution in [3.05, 3.63) is 69.5 Å². The number of ether oxygens (including phenoxy) is 1. The minimum Gasteiger partial charge on any atom is -0.484 e. The number of halogens is 1. The van der Waals surface area contributed by atoms with E-state index in [2.05, 4.69) is 0 Å². The van der Waals surface area contributed by atoms with E-state index in [0.29, 0.717) is 16.5 Å². The first-order chi connectivity index (χ1) is 12.6. The van der Waals surface area contributed by atoms with Gasteiger partial charge < -0.3 is 9.30 Å². The van der Waals surface area contributed by atoms with Crippen LogP contribution in [0.4, 0.5) is 0 Å². The largest absolute Gasteiger partial charge is 0.484 e. The molecule has 0 aliphatic carbocycles. The van der Waals surface area contributed by atoms with Crippen molar-refractivity contribution < 1.29 is 9.53 Å². The van der Waals surface area contributed by atoms with Crippen molar-refractivity contribution in [2.45, 2.75) is 10.8 Å². The fourth-order valence-electron chi connectivity index (χ4n) is 3.26. The lowest BCUT2D eigenvalue weighted by molar-refractivity contribution is -0.121. The third-order valence-electron chi connectivity index (χ3n) is 4.66. The molecule has 4 rings (SSSR count). The van der Waals surface area contributed by atoms with E-state index in [1.165, 1.54) is 0 Å². The number of ketones is 1. The molecule has 0 bridgehead atoms. The van der Waals surface area contributed by atoms with E-state index >= 15 is 0 Å². The fraction of sp³-hybridized carbons (Fsp3) is 0.200. The second-order valence-electron chi connectivity index (χ2n) is 6.19. The number of nitrogens with zero attached hydrogens (tertiary/aromatic N) is 1. The van der Waals surface area contributed by atoms with Gasteiger partial charge in [-0.05, 0) is 35.9 Å². The lowest BCUT2D eigenvalue weighted by Gasteiger charge is -2.15. The molecule has 4 nitrogen and oxygen atoms in total. The number of aromatic nitrogens is 1. The van der Waals surface area contributed by atoms with Crippen molar-refractivity contribution in [1.29, 1.82) is 0 Å². The van der Waals surface area contributed by atoms with Gasteiger partial charge in [0.15, 0.2) is 5.78 Å². The molecule has 0 saturated carbocycles. The van der Waals surface area contributed by atoms with E-state index in [0.717, 1.165) is 21.4 Å². The van der Waals surface area contributed by atoms with Crippen molar-refractivity contribution in [3.63, 3.8) is 0 Å². The molecular formula is C20H16ClNO3S. The van der Waals surface area contributed by atoms with Crippen LogP contribution in [0.2, 0.25) is 5.02 Å². The molecule has 0 spiro atoms. The zero-order valence-corrected chi connectivity index (χ0v) is 15.6. The molecule has 1 aliphatic rings. The summed E-state index contributed by atoms with van der Waals surface area (Å²) in [6.07, 6.45) is 0. The van der Waals surface area contributed by atoms with Gasteiger partial charge in [0.2, 0.25) is 0 Å². The van der Waals surface area contributed by atoms with E-state index in [1.807, 2.05) is 30.3 Å². The van der Waals surface area contributed by atoms with Gasteiger partial charge in [-0.1, -0.05) is 23.7 Å². The predicted octanol–water partition coefficient (Wildman–Crippen LogP) is 4.03. The number of para-hydroxylation sites is 1.